The molecule has 0 aliphatic carbocycles. The van der Waals surface area contributed by atoms with Crippen molar-refractivity contribution in [2.75, 3.05) is 6.54 Å². The molecule has 1 aromatic heterocycles. The van der Waals surface area contributed by atoms with Crippen LogP contribution in [0.1, 0.15) is 18.2 Å². The fourth-order valence-corrected chi connectivity index (χ4v) is 3.23. The van der Waals surface area contributed by atoms with Gasteiger partial charge in [-0.05, 0) is 37.3 Å². The van der Waals surface area contributed by atoms with Crippen molar-refractivity contribution in [3.8, 4) is 0 Å². The lowest BCUT2D eigenvalue weighted by molar-refractivity contribution is -0.137. The van der Waals surface area contributed by atoms with Crippen LogP contribution in [-0.2, 0) is 22.6 Å². The molecule has 0 radical (unpaired) electrons. The van der Waals surface area contributed by atoms with E-state index in [0.29, 0.717) is 11.8 Å². The van der Waals surface area contributed by atoms with Crippen molar-refractivity contribution in [3.63, 3.8) is 0 Å². The van der Waals surface area contributed by atoms with E-state index in [4.69, 9.17) is 4.42 Å². The van der Waals surface area contributed by atoms with Gasteiger partial charge in [0.25, 0.3) is 0 Å². The minimum absolute atomic E-state index is 0.0467. The maximum Gasteiger partial charge on any atom is 0.416 e. The Kier molecular flexibility index (Phi) is 5.07. The number of aliphatic hydroxyl groups is 1. The number of benzene rings is 1. The van der Waals surface area contributed by atoms with Crippen molar-refractivity contribution in [3.05, 3.63) is 54.0 Å². The Morgan fingerprint density at radius 3 is 2.50 bits per heavy atom. The van der Waals surface area contributed by atoms with Crippen LogP contribution in [0.2, 0.25) is 0 Å². The Hall–Kier alpha value is -1.84. The highest BCUT2D eigenvalue weighted by Crippen LogP contribution is 2.30. The first kappa shape index (κ1) is 18.5. The van der Waals surface area contributed by atoms with E-state index in [0.717, 1.165) is 18.2 Å². The topological polar surface area (TPSA) is 79.5 Å². The van der Waals surface area contributed by atoms with Crippen molar-refractivity contribution in [2.45, 2.75) is 30.0 Å². The Balaban J connectivity index is 2.11. The van der Waals surface area contributed by atoms with Crippen molar-refractivity contribution in [2.24, 2.45) is 0 Å². The molecular weight excluding hydrogens is 347 g/mol. The minimum atomic E-state index is -4.64. The van der Waals surface area contributed by atoms with E-state index in [-0.39, 0.29) is 13.0 Å². The first-order valence-electron chi connectivity index (χ1n) is 6.91. The summed E-state index contributed by atoms with van der Waals surface area (Å²) in [5.74, 6) is 0.457. The third-order valence-electron chi connectivity index (χ3n) is 3.25. The second kappa shape index (κ2) is 6.58. The number of rotatable bonds is 6. The van der Waals surface area contributed by atoms with Gasteiger partial charge in [0.1, 0.15) is 5.76 Å². The van der Waals surface area contributed by atoms with Crippen LogP contribution in [0.15, 0.2) is 52.0 Å². The quantitative estimate of drug-likeness (QED) is 0.827. The van der Waals surface area contributed by atoms with Gasteiger partial charge in [0.05, 0.1) is 22.3 Å². The van der Waals surface area contributed by atoms with Gasteiger partial charge in [0, 0.05) is 13.0 Å². The van der Waals surface area contributed by atoms with Gasteiger partial charge in [-0.25, -0.2) is 13.1 Å². The summed E-state index contributed by atoms with van der Waals surface area (Å²) >= 11 is 0. The molecule has 0 fully saturated rings. The van der Waals surface area contributed by atoms with Gasteiger partial charge < -0.3 is 9.52 Å². The maximum atomic E-state index is 12.7. The highest BCUT2D eigenvalue weighted by molar-refractivity contribution is 7.89. The lowest BCUT2D eigenvalue weighted by Crippen LogP contribution is -2.42. The van der Waals surface area contributed by atoms with Gasteiger partial charge in [-0.2, -0.15) is 13.2 Å². The molecule has 9 heteroatoms. The van der Waals surface area contributed by atoms with E-state index in [1.807, 2.05) is 0 Å². The number of halogens is 3. The zero-order valence-corrected chi connectivity index (χ0v) is 13.5. The first-order chi connectivity index (χ1) is 11.0. The van der Waals surface area contributed by atoms with Gasteiger partial charge in [-0.15, -0.1) is 0 Å². The molecule has 2 rings (SSSR count). The van der Waals surface area contributed by atoms with E-state index in [9.17, 15) is 26.7 Å². The second-order valence-electron chi connectivity index (χ2n) is 5.60. The van der Waals surface area contributed by atoms with Crippen LogP contribution in [-0.4, -0.2) is 25.7 Å². The number of furan rings is 1. The fourth-order valence-electron chi connectivity index (χ4n) is 2.02. The molecule has 132 valence electrons. The molecule has 0 saturated heterocycles. The van der Waals surface area contributed by atoms with Crippen molar-refractivity contribution in [1.82, 2.24) is 4.72 Å². The summed E-state index contributed by atoms with van der Waals surface area (Å²) in [7, 11) is -4.20. The standard InChI is InChI=1S/C15H16F3NO4S/c1-14(20,9-12-5-3-7-23-12)10-19-24(21,22)13-6-2-4-11(8-13)15(16,17)18/h2-8,19-20H,9-10H2,1H3. The molecule has 2 aromatic rings. The predicted molar refractivity (Wildman–Crippen MR) is 79.7 cm³/mol. The van der Waals surface area contributed by atoms with Crippen molar-refractivity contribution >= 4 is 10.0 Å². The molecule has 0 aliphatic heterocycles. The van der Waals surface area contributed by atoms with E-state index >= 15 is 0 Å². The molecule has 0 bridgehead atoms. The third-order valence-corrected chi connectivity index (χ3v) is 4.65. The van der Waals surface area contributed by atoms with Gasteiger partial charge in [0.15, 0.2) is 0 Å². The summed E-state index contributed by atoms with van der Waals surface area (Å²) in [6.45, 7) is 1.01. The zero-order chi connectivity index (χ0) is 18.0. The van der Waals surface area contributed by atoms with Crippen molar-refractivity contribution in [1.29, 1.82) is 0 Å². The molecule has 5 nitrogen and oxygen atoms in total. The van der Waals surface area contributed by atoms with Crippen LogP contribution in [0.3, 0.4) is 0 Å². The molecule has 2 N–H and O–H groups in total. The van der Waals surface area contributed by atoms with E-state index in [1.165, 1.54) is 13.2 Å². The molecule has 0 amide bonds. The molecular formula is C15H16F3NO4S. The first-order valence-corrected chi connectivity index (χ1v) is 8.40. The number of nitrogens with one attached hydrogen (secondary N) is 1. The Labute approximate surface area is 137 Å². The molecule has 0 aliphatic rings. The van der Waals surface area contributed by atoms with E-state index in [2.05, 4.69) is 4.72 Å². The van der Waals surface area contributed by atoms with Crippen LogP contribution in [0.5, 0.6) is 0 Å². The average molecular weight is 363 g/mol. The second-order valence-corrected chi connectivity index (χ2v) is 7.37. The van der Waals surface area contributed by atoms with E-state index < -0.39 is 32.3 Å². The van der Waals surface area contributed by atoms with Crippen LogP contribution >= 0.6 is 0 Å². The summed E-state index contributed by atoms with van der Waals surface area (Å²) < 4.78 is 69.5. The molecule has 1 heterocycles. The smallest absolute Gasteiger partial charge is 0.416 e. The summed E-state index contributed by atoms with van der Waals surface area (Å²) in [5, 5.41) is 10.2. The predicted octanol–water partition coefficient (Wildman–Crippen LogP) is 2.57. The molecule has 0 saturated carbocycles. The molecule has 1 atom stereocenters. The maximum absolute atomic E-state index is 12.7. The Morgan fingerprint density at radius 1 is 1.21 bits per heavy atom. The lowest BCUT2D eigenvalue weighted by Gasteiger charge is -2.22. The van der Waals surface area contributed by atoms with Gasteiger partial charge in [-0.1, -0.05) is 6.07 Å². The highest BCUT2D eigenvalue weighted by atomic mass is 32.2. The molecule has 1 unspecified atom stereocenters. The summed E-state index contributed by atoms with van der Waals surface area (Å²) in [6.07, 6.45) is -3.18. The number of hydrogen-bond donors (Lipinski definition) is 2. The minimum Gasteiger partial charge on any atom is -0.469 e. The van der Waals surface area contributed by atoms with Crippen LogP contribution < -0.4 is 4.72 Å². The summed E-state index contributed by atoms with van der Waals surface area (Å²) in [5.41, 5.74) is -2.53. The van der Waals surface area contributed by atoms with Crippen LogP contribution in [0.4, 0.5) is 13.2 Å². The van der Waals surface area contributed by atoms with Crippen LogP contribution in [0.25, 0.3) is 0 Å². The van der Waals surface area contributed by atoms with Gasteiger partial charge in [-0.3, -0.25) is 0 Å². The average Bonchev–Trinajstić information content (AvgIpc) is 2.97. The normalized spacial score (nSPS) is 15.2. The SMILES string of the molecule is CC(O)(CNS(=O)(=O)c1cccc(C(F)(F)F)c1)Cc1ccco1. The zero-order valence-electron chi connectivity index (χ0n) is 12.7. The summed E-state index contributed by atoms with van der Waals surface area (Å²) in [4.78, 5) is -0.522. The van der Waals surface area contributed by atoms with Gasteiger partial charge in [0.2, 0.25) is 10.0 Å². The van der Waals surface area contributed by atoms with Gasteiger partial charge >= 0.3 is 6.18 Å². The number of alkyl halides is 3. The Morgan fingerprint density at radius 2 is 1.92 bits per heavy atom. The van der Waals surface area contributed by atoms with Crippen LogP contribution in [0, 0.1) is 0 Å². The highest BCUT2D eigenvalue weighted by Gasteiger charge is 2.32. The lowest BCUT2D eigenvalue weighted by atomic mass is 10.0. The molecule has 1 aromatic carbocycles. The number of hydrogen-bond acceptors (Lipinski definition) is 4. The largest absolute Gasteiger partial charge is 0.469 e. The summed E-state index contributed by atoms with van der Waals surface area (Å²) in [6, 6.07) is 6.64. The fraction of sp³-hybridized carbons (Fsp3) is 0.333. The monoisotopic (exact) mass is 363 g/mol. The molecule has 0 spiro atoms. The third kappa shape index (κ3) is 4.83. The van der Waals surface area contributed by atoms with E-state index in [1.54, 1.807) is 12.1 Å². The molecule has 24 heavy (non-hydrogen) atoms. The van der Waals surface area contributed by atoms with Crippen molar-refractivity contribution < 1.29 is 31.1 Å². The Bertz CT molecular complexity index is 783. The number of sulfonamides is 1.